The van der Waals surface area contributed by atoms with E-state index in [1.165, 1.54) is 25.9 Å². The zero-order chi connectivity index (χ0) is 18.3. The number of nitrogens with one attached hydrogen (secondary N) is 2. The van der Waals surface area contributed by atoms with Gasteiger partial charge in [-0.3, -0.25) is 4.90 Å². The lowest BCUT2D eigenvalue weighted by atomic mass is 9.94. The molecule has 6 nitrogen and oxygen atoms in total. The van der Waals surface area contributed by atoms with Gasteiger partial charge in [-0.05, 0) is 39.3 Å². The van der Waals surface area contributed by atoms with Crippen LogP contribution in [0.25, 0.3) is 0 Å². The molecule has 1 fully saturated rings. The van der Waals surface area contributed by atoms with Crippen molar-refractivity contribution in [3.8, 4) is 0 Å². The van der Waals surface area contributed by atoms with E-state index in [2.05, 4.69) is 60.1 Å². The Bertz CT molecular complexity index is 546. The third-order valence-corrected chi connectivity index (χ3v) is 4.64. The Kier molecular flexibility index (Phi) is 9.92. The van der Waals surface area contributed by atoms with Crippen molar-refractivity contribution < 1.29 is 4.42 Å². The highest BCUT2D eigenvalue weighted by molar-refractivity contribution is 14.0. The van der Waals surface area contributed by atoms with E-state index in [9.17, 15) is 0 Å². The number of hydrogen-bond acceptors (Lipinski definition) is 4. The van der Waals surface area contributed by atoms with Gasteiger partial charge in [0.2, 0.25) is 5.89 Å². The van der Waals surface area contributed by atoms with E-state index >= 15 is 0 Å². The molecule has 0 amide bonds. The summed E-state index contributed by atoms with van der Waals surface area (Å²) in [4.78, 5) is 11.6. The summed E-state index contributed by atoms with van der Waals surface area (Å²) in [5.41, 5.74) is -0.0260. The summed E-state index contributed by atoms with van der Waals surface area (Å²) in [5, 5.41) is 6.79. The second-order valence-corrected chi connectivity index (χ2v) is 7.75. The third-order valence-electron chi connectivity index (χ3n) is 4.64. The molecule has 2 rings (SSSR count). The van der Waals surface area contributed by atoms with Gasteiger partial charge in [0.25, 0.3) is 0 Å². The SMILES string of the molecule is CCNC(=NCc1ncc(C(C)(C)C)o1)NCC(CC)N1CCCC1.I. The van der Waals surface area contributed by atoms with Crippen LogP contribution < -0.4 is 10.6 Å². The molecule has 2 heterocycles. The van der Waals surface area contributed by atoms with Crippen molar-refractivity contribution in [1.29, 1.82) is 0 Å². The van der Waals surface area contributed by atoms with Crippen LogP contribution in [0.15, 0.2) is 15.6 Å². The quantitative estimate of drug-likeness (QED) is 0.358. The summed E-state index contributed by atoms with van der Waals surface area (Å²) in [6.07, 6.45) is 5.61. The monoisotopic (exact) mass is 477 g/mol. The molecule has 1 atom stereocenters. The third kappa shape index (κ3) is 7.06. The van der Waals surface area contributed by atoms with Crippen LogP contribution in [0.4, 0.5) is 0 Å². The minimum atomic E-state index is -0.0260. The molecule has 1 aromatic heterocycles. The van der Waals surface area contributed by atoms with Crippen LogP contribution in [-0.4, -0.2) is 48.1 Å². The Labute approximate surface area is 175 Å². The second-order valence-electron chi connectivity index (χ2n) is 7.75. The Morgan fingerprint density at radius 3 is 2.50 bits per heavy atom. The van der Waals surface area contributed by atoms with Crippen LogP contribution in [0.1, 0.15) is 65.5 Å². The number of nitrogens with zero attached hydrogens (tertiary/aromatic N) is 3. The molecule has 0 aliphatic carbocycles. The van der Waals surface area contributed by atoms with Gasteiger partial charge in [0.15, 0.2) is 5.96 Å². The molecular formula is C19H36IN5O. The fraction of sp³-hybridized carbons (Fsp3) is 0.789. The summed E-state index contributed by atoms with van der Waals surface area (Å²) < 4.78 is 5.82. The minimum absolute atomic E-state index is 0. The first-order valence-electron chi connectivity index (χ1n) is 9.65. The average Bonchev–Trinajstić information content (AvgIpc) is 3.24. The highest BCUT2D eigenvalue weighted by atomic mass is 127. The minimum Gasteiger partial charge on any atom is -0.443 e. The number of aliphatic imine (C=N–C) groups is 1. The lowest BCUT2D eigenvalue weighted by Gasteiger charge is -2.27. The summed E-state index contributed by atoms with van der Waals surface area (Å²) in [6, 6.07) is 0.570. The van der Waals surface area contributed by atoms with E-state index in [0.717, 1.165) is 31.2 Å². The fourth-order valence-corrected chi connectivity index (χ4v) is 3.07. The van der Waals surface area contributed by atoms with Crippen molar-refractivity contribution in [2.45, 2.75) is 71.9 Å². The van der Waals surface area contributed by atoms with E-state index in [0.29, 0.717) is 18.5 Å². The van der Waals surface area contributed by atoms with Gasteiger partial charge >= 0.3 is 0 Å². The van der Waals surface area contributed by atoms with Crippen molar-refractivity contribution in [2.75, 3.05) is 26.2 Å². The molecule has 1 aliphatic rings. The molecule has 1 unspecified atom stereocenters. The molecular weight excluding hydrogens is 441 g/mol. The topological polar surface area (TPSA) is 65.7 Å². The van der Waals surface area contributed by atoms with Crippen LogP contribution >= 0.6 is 24.0 Å². The van der Waals surface area contributed by atoms with Crippen LogP contribution in [0.3, 0.4) is 0 Å². The first-order chi connectivity index (χ1) is 11.9. The summed E-state index contributed by atoms with van der Waals surface area (Å²) in [5.74, 6) is 2.39. The summed E-state index contributed by atoms with van der Waals surface area (Å²) in [7, 11) is 0. The van der Waals surface area contributed by atoms with E-state index in [1.54, 1.807) is 0 Å². The molecule has 0 saturated carbocycles. The van der Waals surface area contributed by atoms with E-state index in [1.807, 2.05) is 6.20 Å². The van der Waals surface area contributed by atoms with Gasteiger partial charge in [-0.1, -0.05) is 27.7 Å². The van der Waals surface area contributed by atoms with Gasteiger partial charge in [0, 0.05) is 24.5 Å². The molecule has 2 N–H and O–H groups in total. The van der Waals surface area contributed by atoms with Crippen molar-refractivity contribution in [2.24, 2.45) is 4.99 Å². The van der Waals surface area contributed by atoms with Crippen LogP contribution in [0.5, 0.6) is 0 Å². The number of likely N-dealkylation sites (tertiary alicyclic amines) is 1. The number of aromatic nitrogens is 1. The van der Waals surface area contributed by atoms with Crippen molar-refractivity contribution in [1.82, 2.24) is 20.5 Å². The smallest absolute Gasteiger partial charge is 0.216 e. The zero-order valence-corrected chi connectivity index (χ0v) is 19.3. The molecule has 1 aliphatic heterocycles. The van der Waals surface area contributed by atoms with Crippen LogP contribution in [0, 0.1) is 0 Å². The van der Waals surface area contributed by atoms with Gasteiger partial charge < -0.3 is 15.1 Å². The number of hydrogen-bond donors (Lipinski definition) is 2. The maximum atomic E-state index is 5.82. The molecule has 150 valence electrons. The summed E-state index contributed by atoms with van der Waals surface area (Å²) in [6.45, 7) is 15.4. The summed E-state index contributed by atoms with van der Waals surface area (Å²) >= 11 is 0. The van der Waals surface area contributed by atoms with Gasteiger partial charge in [-0.2, -0.15) is 0 Å². The maximum Gasteiger partial charge on any atom is 0.216 e. The maximum absolute atomic E-state index is 5.82. The first-order valence-corrected chi connectivity index (χ1v) is 9.65. The number of oxazole rings is 1. The fourth-order valence-electron chi connectivity index (χ4n) is 3.07. The molecule has 0 spiro atoms. The predicted octanol–water partition coefficient (Wildman–Crippen LogP) is 3.52. The highest BCUT2D eigenvalue weighted by Gasteiger charge is 2.21. The molecule has 1 saturated heterocycles. The number of rotatable bonds is 7. The molecule has 7 heteroatoms. The van der Waals surface area contributed by atoms with E-state index < -0.39 is 0 Å². The van der Waals surface area contributed by atoms with Gasteiger partial charge in [0.1, 0.15) is 12.3 Å². The van der Waals surface area contributed by atoms with Crippen molar-refractivity contribution in [3.63, 3.8) is 0 Å². The average molecular weight is 477 g/mol. The van der Waals surface area contributed by atoms with Crippen molar-refractivity contribution in [3.05, 3.63) is 17.8 Å². The zero-order valence-electron chi connectivity index (χ0n) is 17.0. The largest absolute Gasteiger partial charge is 0.443 e. The first kappa shape index (κ1) is 23.2. The lowest BCUT2D eigenvalue weighted by molar-refractivity contribution is 0.236. The molecule has 1 aromatic rings. The molecule has 26 heavy (non-hydrogen) atoms. The molecule has 0 radical (unpaired) electrons. The molecule has 0 bridgehead atoms. The van der Waals surface area contributed by atoms with Crippen molar-refractivity contribution >= 4 is 29.9 Å². The standard InChI is InChI=1S/C19H35N5O.HI/c1-6-15(24-10-8-9-11-24)12-22-18(20-7-2)23-14-17-21-13-16(25-17)19(3,4)5;/h13,15H,6-12,14H2,1-5H3,(H2,20,22,23);1H. The Hall–Kier alpha value is -0.830. The number of guanidine groups is 1. The number of halogens is 1. The van der Waals surface area contributed by atoms with Gasteiger partial charge in [-0.15, -0.1) is 24.0 Å². The Balaban J connectivity index is 0.00000338. The van der Waals surface area contributed by atoms with Gasteiger partial charge in [-0.25, -0.2) is 9.98 Å². The van der Waals surface area contributed by atoms with Gasteiger partial charge in [0.05, 0.1) is 6.20 Å². The van der Waals surface area contributed by atoms with E-state index in [4.69, 9.17) is 4.42 Å². The normalized spacial score (nSPS) is 17.0. The van der Waals surface area contributed by atoms with Crippen LogP contribution in [0.2, 0.25) is 0 Å². The Morgan fingerprint density at radius 2 is 1.96 bits per heavy atom. The Morgan fingerprint density at radius 1 is 1.27 bits per heavy atom. The van der Waals surface area contributed by atoms with Crippen LogP contribution in [-0.2, 0) is 12.0 Å². The second kappa shape index (κ2) is 11.1. The molecule has 0 aromatic carbocycles. The lowest BCUT2D eigenvalue weighted by Crippen LogP contribution is -2.46. The predicted molar refractivity (Wildman–Crippen MR) is 118 cm³/mol. The van der Waals surface area contributed by atoms with E-state index in [-0.39, 0.29) is 29.4 Å². The highest BCUT2D eigenvalue weighted by Crippen LogP contribution is 2.22.